The normalized spacial score (nSPS) is 17.4. The summed E-state index contributed by atoms with van der Waals surface area (Å²) in [7, 11) is -1.14. The van der Waals surface area contributed by atoms with E-state index in [-0.39, 0.29) is 29.8 Å². The monoisotopic (exact) mass is 318 g/mol. The summed E-state index contributed by atoms with van der Waals surface area (Å²) in [5, 5.41) is 3.15. The van der Waals surface area contributed by atoms with E-state index in [9.17, 15) is 13.2 Å². The lowest BCUT2D eigenvalue weighted by atomic mass is 9.93. The minimum Gasteiger partial charge on any atom is -0.343 e. The minimum atomic E-state index is -3.09. The highest BCUT2D eigenvalue weighted by Gasteiger charge is 2.24. The van der Waals surface area contributed by atoms with Gasteiger partial charge in [-0.25, -0.2) is 8.42 Å². The van der Waals surface area contributed by atoms with Gasteiger partial charge < -0.3 is 10.2 Å². The number of nitrogens with zero attached hydrogens (tertiary/aromatic N) is 1. The quantitative estimate of drug-likeness (QED) is 0.732. The summed E-state index contributed by atoms with van der Waals surface area (Å²) < 4.78 is 23.6. The molecule has 0 aromatic heterocycles. The number of hydrogen-bond donors (Lipinski definition) is 1. The van der Waals surface area contributed by atoms with Crippen molar-refractivity contribution in [1.82, 2.24) is 10.2 Å². The number of carbonyl (C=O) groups is 1. The van der Waals surface area contributed by atoms with Gasteiger partial charge in [0.05, 0.1) is 11.5 Å². The van der Waals surface area contributed by atoms with E-state index in [2.05, 4.69) is 5.32 Å². The number of hydrogen-bond acceptors (Lipinski definition) is 4. The topological polar surface area (TPSA) is 66.5 Å². The lowest BCUT2D eigenvalue weighted by Gasteiger charge is -2.32. The Morgan fingerprint density at radius 3 is 2.43 bits per heavy atom. The van der Waals surface area contributed by atoms with Gasteiger partial charge in [0.2, 0.25) is 5.91 Å². The summed E-state index contributed by atoms with van der Waals surface area (Å²) in [5.41, 5.74) is 0. The van der Waals surface area contributed by atoms with Crippen LogP contribution in [0, 0.1) is 11.8 Å². The molecule has 5 nitrogen and oxygen atoms in total. The number of rotatable bonds is 8. The molecule has 0 spiro atoms. The molecule has 0 saturated carbocycles. The molecule has 0 unspecified atom stereocenters. The summed E-state index contributed by atoms with van der Waals surface area (Å²) in [6.45, 7) is 6.34. The number of amides is 1. The zero-order valence-electron chi connectivity index (χ0n) is 13.6. The average Bonchev–Trinajstić information content (AvgIpc) is 2.42. The SMILES string of the molecule is CNCCC1CCN(C(=O)CCS(=O)(=O)CC(C)C)CC1. The summed E-state index contributed by atoms with van der Waals surface area (Å²) in [4.78, 5) is 13.9. The summed E-state index contributed by atoms with van der Waals surface area (Å²) in [5.74, 6) is 0.962. The van der Waals surface area contributed by atoms with Crippen LogP contribution in [-0.2, 0) is 14.6 Å². The molecular weight excluding hydrogens is 288 g/mol. The molecular formula is C15H30N2O3S. The number of carbonyl (C=O) groups excluding carboxylic acids is 1. The number of piperidine rings is 1. The Balaban J connectivity index is 2.31. The molecule has 1 rings (SSSR count). The van der Waals surface area contributed by atoms with Gasteiger partial charge in [-0.05, 0) is 44.7 Å². The summed E-state index contributed by atoms with van der Waals surface area (Å²) in [6.07, 6.45) is 3.36. The molecule has 6 heteroatoms. The number of sulfone groups is 1. The third-order valence-corrected chi connectivity index (χ3v) is 5.98. The number of likely N-dealkylation sites (tertiary alicyclic amines) is 1. The van der Waals surface area contributed by atoms with Crippen LogP contribution in [0.25, 0.3) is 0 Å². The highest BCUT2D eigenvalue weighted by atomic mass is 32.2. The Labute approximate surface area is 129 Å². The third kappa shape index (κ3) is 7.27. The maximum absolute atomic E-state index is 12.1. The number of nitrogens with one attached hydrogen (secondary N) is 1. The van der Waals surface area contributed by atoms with E-state index in [1.165, 1.54) is 0 Å². The largest absolute Gasteiger partial charge is 0.343 e. The van der Waals surface area contributed by atoms with E-state index in [1.54, 1.807) is 0 Å². The van der Waals surface area contributed by atoms with E-state index in [1.807, 2.05) is 25.8 Å². The van der Waals surface area contributed by atoms with Gasteiger partial charge in [-0.2, -0.15) is 0 Å². The fraction of sp³-hybridized carbons (Fsp3) is 0.933. The van der Waals surface area contributed by atoms with Gasteiger partial charge in [0.25, 0.3) is 0 Å². The van der Waals surface area contributed by atoms with Crippen molar-refractivity contribution < 1.29 is 13.2 Å². The first-order valence-corrected chi connectivity index (χ1v) is 9.79. The van der Waals surface area contributed by atoms with Crippen LogP contribution in [0.5, 0.6) is 0 Å². The highest BCUT2D eigenvalue weighted by molar-refractivity contribution is 7.91. The Hall–Kier alpha value is -0.620. The van der Waals surface area contributed by atoms with Gasteiger partial charge in [0, 0.05) is 19.5 Å². The Morgan fingerprint density at radius 1 is 1.29 bits per heavy atom. The molecule has 1 saturated heterocycles. The van der Waals surface area contributed by atoms with Crippen LogP contribution in [0.2, 0.25) is 0 Å². The van der Waals surface area contributed by atoms with Crippen LogP contribution in [0.3, 0.4) is 0 Å². The lowest BCUT2D eigenvalue weighted by Crippen LogP contribution is -2.39. The first kappa shape index (κ1) is 18.4. The van der Waals surface area contributed by atoms with Crippen LogP contribution >= 0.6 is 0 Å². The first-order chi connectivity index (χ1) is 9.84. The maximum Gasteiger partial charge on any atom is 0.223 e. The maximum atomic E-state index is 12.1. The van der Waals surface area contributed by atoms with E-state index in [0.29, 0.717) is 5.92 Å². The van der Waals surface area contributed by atoms with Crippen molar-refractivity contribution in [2.45, 2.75) is 39.5 Å². The lowest BCUT2D eigenvalue weighted by molar-refractivity contribution is -0.132. The molecule has 0 aromatic carbocycles. The van der Waals surface area contributed by atoms with Crippen LogP contribution in [0.1, 0.15) is 39.5 Å². The molecule has 0 bridgehead atoms. The molecule has 1 heterocycles. The zero-order chi connectivity index (χ0) is 15.9. The van der Waals surface area contributed by atoms with Crippen molar-refractivity contribution >= 4 is 15.7 Å². The first-order valence-electron chi connectivity index (χ1n) is 7.97. The van der Waals surface area contributed by atoms with Gasteiger partial charge in [-0.1, -0.05) is 13.8 Å². The predicted octanol–water partition coefficient (Wildman–Crippen LogP) is 1.30. The molecule has 21 heavy (non-hydrogen) atoms. The van der Waals surface area contributed by atoms with E-state index in [4.69, 9.17) is 0 Å². The van der Waals surface area contributed by atoms with Crippen molar-refractivity contribution in [2.24, 2.45) is 11.8 Å². The van der Waals surface area contributed by atoms with Crippen molar-refractivity contribution in [2.75, 3.05) is 38.2 Å². The second kappa shape index (κ2) is 8.73. The molecule has 1 aliphatic rings. The van der Waals surface area contributed by atoms with E-state index < -0.39 is 9.84 Å². The van der Waals surface area contributed by atoms with Crippen molar-refractivity contribution in [3.8, 4) is 0 Å². The predicted molar refractivity (Wildman–Crippen MR) is 86.0 cm³/mol. The molecule has 0 aromatic rings. The summed E-state index contributed by atoms with van der Waals surface area (Å²) in [6, 6.07) is 0. The fourth-order valence-electron chi connectivity index (χ4n) is 2.81. The van der Waals surface area contributed by atoms with Crippen LogP contribution < -0.4 is 5.32 Å². The van der Waals surface area contributed by atoms with Gasteiger partial charge in [-0.3, -0.25) is 4.79 Å². The molecule has 0 radical (unpaired) electrons. The second-order valence-electron chi connectivity index (χ2n) is 6.47. The van der Waals surface area contributed by atoms with Crippen molar-refractivity contribution in [1.29, 1.82) is 0 Å². The van der Waals surface area contributed by atoms with Gasteiger partial charge in [-0.15, -0.1) is 0 Å². The van der Waals surface area contributed by atoms with E-state index in [0.717, 1.165) is 38.9 Å². The molecule has 1 N–H and O–H groups in total. The third-order valence-electron chi connectivity index (χ3n) is 3.98. The Bertz CT molecular complexity index is 413. The Morgan fingerprint density at radius 2 is 1.90 bits per heavy atom. The second-order valence-corrected chi connectivity index (χ2v) is 8.70. The van der Waals surface area contributed by atoms with Gasteiger partial charge in [0.1, 0.15) is 0 Å². The molecule has 0 atom stereocenters. The molecule has 1 fully saturated rings. The van der Waals surface area contributed by atoms with E-state index >= 15 is 0 Å². The van der Waals surface area contributed by atoms with Crippen LogP contribution in [0.15, 0.2) is 0 Å². The average molecular weight is 318 g/mol. The standard InChI is InChI=1S/C15H30N2O3S/c1-13(2)12-21(19,20)11-7-15(18)17-9-5-14(6-10-17)4-8-16-3/h13-14,16H,4-12H2,1-3H3. The van der Waals surface area contributed by atoms with Crippen LogP contribution in [-0.4, -0.2) is 57.4 Å². The molecule has 1 aliphatic heterocycles. The van der Waals surface area contributed by atoms with Crippen LogP contribution in [0.4, 0.5) is 0 Å². The zero-order valence-corrected chi connectivity index (χ0v) is 14.4. The van der Waals surface area contributed by atoms with Gasteiger partial charge >= 0.3 is 0 Å². The molecule has 0 aliphatic carbocycles. The molecule has 1 amide bonds. The smallest absolute Gasteiger partial charge is 0.223 e. The van der Waals surface area contributed by atoms with Crippen molar-refractivity contribution in [3.05, 3.63) is 0 Å². The van der Waals surface area contributed by atoms with Crippen molar-refractivity contribution in [3.63, 3.8) is 0 Å². The summed E-state index contributed by atoms with van der Waals surface area (Å²) >= 11 is 0. The fourth-order valence-corrected chi connectivity index (χ4v) is 4.48. The molecule has 124 valence electrons. The highest BCUT2D eigenvalue weighted by Crippen LogP contribution is 2.20. The minimum absolute atomic E-state index is 0.00519. The van der Waals surface area contributed by atoms with Gasteiger partial charge in [0.15, 0.2) is 9.84 Å². The Kier molecular flexibility index (Phi) is 7.66.